The van der Waals surface area contributed by atoms with Crippen molar-refractivity contribution in [3.63, 3.8) is 0 Å². The summed E-state index contributed by atoms with van der Waals surface area (Å²) in [6.07, 6.45) is 7.62. The van der Waals surface area contributed by atoms with Crippen LogP contribution in [0, 0.1) is 0 Å². The van der Waals surface area contributed by atoms with Gasteiger partial charge < -0.3 is 72.4 Å². The number of hydrogen-bond acceptors (Lipinski definition) is 17. The molecule has 0 spiro atoms. The molecular formula is C85H107BBr4N6O17. The van der Waals surface area contributed by atoms with E-state index in [-0.39, 0.29) is 59.3 Å². The minimum atomic E-state index is -1.00. The summed E-state index contributed by atoms with van der Waals surface area (Å²) < 4.78 is 36.1. The number of alkyl halides is 1. The van der Waals surface area contributed by atoms with Gasteiger partial charge in [0, 0.05) is 101 Å². The van der Waals surface area contributed by atoms with E-state index in [4.69, 9.17) is 23.5 Å². The van der Waals surface area contributed by atoms with E-state index in [9.17, 15) is 58.8 Å². The third-order valence-electron chi connectivity index (χ3n) is 18.7. The average Bonchev–Trinajstić information content (AvgIpc) is 1.64. The maximum Gasteiger partial charge on any atom is 0.494 e. The van der Waals surface area contributed by atoms with Crippen LogP contribution in [0.4, 0.5) is 9.59 Å². The van der Waals surface area contributed by atoms with Crippen molar-refractivity contribution < 1.29 is 63.1 Å². The highest BCUT2D eigenvalue weighted by Crippen LogP contribution is 2.45. The highest BCUT2D eigenvalue weighted by Gasteiger charge is 2.52. The predicted octanol–water partition coefficient (Wildman–Crippen LogP) is 14.9. The summed E-state index contributed by atoms with van der Waals surface area (Å²) in [5, 5.41) is 41.3. The van der Waals surface area contributed by atoms with Crippen LogP contribution in [-0.4, -0.2) is 139 Å². The fourth-order valence-electron chi connectivity index (χ4n) is 12.7. The summed E-state index contributed by atoms with van der Waals surface area (Å²) in [7, 11) is -0.419. The third kappa shape index (κ3) is 29.1. The van der Waals surface area contributed by atoms with Crippen molar-refractivity contribution in [2.75, 3.05) is 25.0 Å². The second-order valence-electron chi connectivity index (χ2n) is 31.7. The van der Waals surface area contributed by atoms with Gasteiger partial charge in [-0.25, -0.2) is 9.59 Å². The third-order valence-corrected chi connectivity index (χ3v) is 20.9. The zero-order valence-corrected chi connectivity index (χ0v) is 73.5. The molecule has 2 amide bonds. The molecule has 3 fully saturated rings. The quantitative estimate of drug-likeness (QED) is 0.0205. The Morgan fingerprint density at radius 2 is 0.903 bits per heavy atom. The molecule has 11 rings (SSSR count). The number of aromatic nitrogens is 4. The van der Waals surface area contributed by atoms with Gasteiger partial charge in [0.05, 0.1) is 70.7 Å². The fourth-order valence-corrected chi connectivity index (χ4v) is 13.7. The largest absolute Gasteiger partial charge is 0.494 e. The van der Waals surface area contributed by atoms with Gasteiger partial charge in [-0.2, -0.15) is 0 Å². The van der Waals surface area contributed by atoms with E-state index in [1.807, 2.05) is 151 Å². The van der Waals surface area contributed by atoms with Gasteiger partial charge in [0.25, 0.3) is 16.7 Å². The van der Waals surface area contributed by atoms with E-state index in [2.05, 4.69) is 68.7 Å². The summed E-state index contributed by atoms with van der Waals surface area (Å²) in [4.78, 5) is 98.5. The van der Waals surface area contributed by atoms with Crippen molar-refractivity contribution in [1.82, 2.24) is 28.5 Å². The maximum absolute atomic E-state index is 13.3. The number of nitrogens with one attached hydrogen (secondary N) is 1. The van der Waals surface area contributed by atoms with Gasteiger partial charge in [0.15, 0.2) is 0 Å². The van der Waals surface area contributed by atoms with Crippen molar-refractivity contribution in [3.05, 3.63) is 260 Å². The Hall–Kier alpha value is -7.90. The van der Waals surface area contributed by atoms with Crippen molar-refractivity contribution in [1.29, 1.82) is 0 Å². The molecule has 5 N–H and O–H groups in total. The van der Waals surface area contributed by atoms with Gasteiger partial charge in [-0.1, -0.05) is 125 Å². The number of cyclic esters (lactones) is 2. The number of Topliss-reactive ketones (excluding diaryl/α,β-unsaturated/α-hetero) is 1. The molecule has 0 saturated carbocycles. The zero-order valence-electron chi connectivity index (χ0n) is 67.2. The Morgan fingerprint density at radius 3 is 1.27 bits per heavy atom. The Morgan fingerprint density at radius 1 is 0.522 bits per heavy atom. The number of rotatable bonds is 20. The second-order valence-corrected chi connectivity index (χ2v) is 35.0. The first-order valence-electron chi connectivity index (χ1n) is 37.1. The lowest BCUT2D eigenvalue weighted by Crippen LogP contribution is -2.51. The average molecular weight is 1820 g/mol. The number of carbonyl (C=O) groups is 4. The Labute approximate surface area is 695 Å². The topological polar surface area (TPSA) is 301 Å². The second kappa shape index (κ2) is 40.6. The number of esters is 1. The minimum Gasteiger partial charge on any atom is -0.465 e. The van der Waals surface area contributed by atoms with E-state index in [0.29, 0.717) is 57.3 Å². The van der Waals surface area contributed by atoms with Crippen molar-refractivity contribution in [3.8, 4) is 11.1 Å². The fraction of sp³-hybridized carbons (Fsp3) is 0.435. The lowest BCUT2D eigenvalue weighted by atomic mass is 9.78. The normalized spacial score (nSPS) is 17.7. The number of pyridine rings is 4. The number of benzene rings is 4. The van der Waals surface area contributed by atoms with Crippen LogP contribution in [-0.2, 0) is 63.9 Å². The van der Waals surface area contributed by atoms with Crippen LogP contribution in [0.2, 0.25) is 0 Å². The first-order valence-corrected chi connectivity index (χ1v) is 40.6. The molecule has 610 valence electrons. The molecule has 4 aromatic heterocycles. The van der Waals surface area contributed by atoms with Crippen molar-refractivity contribution >= 4 is 100 Å². The molecule has 0 bridgehead atoms. The molecule has 113 heavy (non-hydrogen) atoms. The smallest absolute Gasteiger partial charge is 0.465 e. The van der Waals surface area contributed by atoms with Gasteiger partial charge >= 0.3 is 25.3 Å². The zero-order chi connectivity index (χ0) is 84.2. The molecule has 8 aromatic rings. The summed E-state index contributed by atoms with van der Waals surface area (Å²) >= 11 is 12.6. The van der Waals surface area contributed by atoms with Crippen LogP contribution < -0.4 is 27.7 Å². The lowest BCUT2D eigenvalue weighted by molar-refractivity contribution is -0.143. The molecule has 7 heterocycles. The summed E-state index contributed by atoms with van der Waals surface area (Å²) in [6, 6.07) is 47.6. The standard InChI is InChI=1S/C31H38N2O5.C28H38BNO5.C9H10BrNO3.C9H12BrNO2.C5H4BrNO.C3H5BrO/c1-22(23-11-13-24(14-12-23)25-15-16-27(34)32(19-25)21-30(4,5)37)33-18-17-31(38-28(33)35,20-29(2,3)36)26-9-7-6-8-10-26;1-20(21-13-15-23(16-14-21)29-34-26(4,5)27(6,7)35-29)30-18-17-28(33-24(30)31,19-25(2,3)32)22-11-9-8-10-12-22;1-2-14-9(13)6-11-5-7(10)3-4-8(11)12;1-9(2,13)6-11-5-7(10)3-4-8(11)12;6-4-1-2-5(8)7-3-4;1-3(5)2-4/h6-16,19,22,36-37H,17-18,20-21H2,1-5H3;8-16,20,32H,17-19H2,1-7H3;3-5H,2,6H2,1H3;3-5,13H,6H2,1-2H3;1-3H,(H,7,8);2H2,1H3/t22-,31-;20-,28-;;;;/m00..../s1. The predicted molar refractivity (Wildman–Crippen MR) is 454 cm³/mol. The number of aliphatic hydroxyl groups is 4. The molecule has 0 radical (unpaired) electrons. The van der Waals surface area contributed by atoms with Crippen LogP contribution in [0.3, 0.4) is 0 Å². The lowest BCUT2D eigenvalue weighted by Gasteiger charge is -2.45. The molecule has 28 heteroatoms. The van der Waals surface area contributed by atoms with Gasteiger partial charge in [0.2, 0.25) is 5.56 Å². The van der Waals surface area contributed by atoms with E-state index >= 15 is 0 Å². The van der Waals surface area contributed by atoms with Crippen molar-refractivity contribution in [2.24, 2.45) is 0 Å². The van der Waals surface area contributed by atoms with E-state index in [1.54, 1.807) is 121 Å². The Kier molecular flexibility index (Phi) is 33.8. The monoisotopic (exact) mass is 1810 g/mol. The number of nitrogens with zero attached hydrogens (tertiary/aromatic N) is 5. The molecule has 3 aliphatic heterocycles. The van der Waals surface area contributed by atoms with Gasteiger partial charge in [-0.15, -0.1) is 0 Å². The number of H-pyrrole nitrogens is 1. The number of carbonyl (C=O) groups excluding carboxylic acids is 4. The van der Waals surface area contributed by atoms with Crippen LogP contribution in [0.15, 0.2) is 215 Å². The summed E-state index contributed by atoms with van der Waals surface area (Å²) in [5.74, 6) is -0.238. The number of ketones is 1. The molecule has 3 aliphatic rings. The van der Waals surface area contributed by atoms with Crippen molar-refractivity contribution in [2.45, 2.75) is 213 Å². The molecule has 0 unspecified atom stereocenters. The van der Waals surface area contributed by atoms with Gasteiger partial charge in [-0.05, 0) is 222 Å². The minimum absolute atomic E-state index is 0.0495. The molecular weight excluding hydrogens is 1710 g/mol. The highest BCUT2D eigenvalue weighted by atomic mass is 79.9. The van der Waals surface area contributed by atoms with Crippen LogP contribution in [0.1, 0.15) is 171 Å². The molecule has 4 atom stereocenters. The number of ether oxygens (including phenoxy) is 3. The Balaban J connectivity index is 0.000000239. The molecule has 3 saturated heterocycles. The molecule has 0 aliphatic carbocycles. The number of aromatic amines is 1. The number of amides is 2. The van der Waals surface area contributed by atoms with E-state index < -0.39 is 64.0 Å². The number of halogens is 4. The first kappa shape index (κ1) is 94.0. The van der Waals surface area contributed by atoms with Crippen LogP contribution in [0.5, 0.6) is 0 Å². The number of hydrogen-bond donors (Lipinski definition) is 5. The van der Waals surface area contributed by atoms with Gasteiger partial charge in [0.1, 0.15) is 23.5 Å². The highest BCUT2D eigenvalue weighted by molar-refractivity contribution is 9.11. The maximum atomic E-state index is 13.3. The van der Waals surface area contributed by atoms with E-state index in [0.717, 1.165) is 52.3 Å². The summed E-state index contributed by atoms with van der Waals surface area (Å²) in [6.45, 7) is 30.8. The first-order chi connectivity index (χ1) is 52.6. The molecule has 23 nitrogen and oxygen atoms in total. The van der Waals surface area contributed by atoms with Crippen LogP contribution in [0.25, 0.3) is 11.1 Å². The SMILES string of the molecule is CC(=O)CBr.CC(C)(O)Cn1cc(Br)ccc1=O.CCOC(=O)Cn1cc(Br)ccc1=O.C[C@@H](c1ccc(-c2ccc(=O)n(CC(C)(C)O)c2)cc1)N1CC[C@](CC(C)(C)O)(c2ccccc2)OC1=O.C[C@@H](c1ccc(B2OC(C)(C)C(C)(C)O2)cc1)N1CC[C@](CC(C)(C)O)(c2ccccc2)OC1=O.O=c1ccc(Br)c[nH]1. The summed E-state index contributed by atoms with van der Waals surface area (Å²) in [5.41, 5.74) is -0.432. The molecule has 4 aromatic carbocycles. The van der Waals surface area contributed by atoms with E-state index in [1.165, 1.54) is 44.9 Å². The van der Waals surface area contributed by atoms with Gasteiger partial charge in [-0.3, -0.25) is 28.8 Å². The van der Waals surface area contributed by atoms with Crippen LogP contribution >= 0.6 is 63.7 Å². The Bertz CT molecular complexity index is 4670.